The van der Waals surface area contributed by atoms with Crippen LogP contribution in [0.4, 0.5) is 0 Å². The number of aromatic amines is 2. The number of hydrogen-bond donors (Lipinski definition) is 3. The van der Waals surface area contributed by atoms with Crippen LogP contribution in [0.2, 0.25) is 0 Å². The largest absolute Gasteiger partial charge is 0.323 e. The molecule has 108 valence electrons. The second kappa shape index (κ2) is 5.22. The molecule has 0 amide bonds. The zero-order valence-corrected chi connectivity index (χ0v) is 12.2. The van der Waals surface area contributed by atoms with Gasteiger partial charge in [-0.2, -0.15) is 0 Å². The lowest BCUT2D eigenvalue weighted by Crippen LogP contribution is -2.12. The summed E-state index contributed by atoms with van der Waals surface area (Å²) in [4.78, 5) is 17.0. The van der Waals surface area contributed by atoms with E-state index in [9.17, 15) is 4.79 Å². The van der Waals surface area contributed by atoms with E-state index >= 15 is 0 Å². The number of benzene rings is 2. The number of hydrogen-bond acceptors (Lipinski definition) is 2. The summed E-state index contributed by atoms with van der Waals surface area (Å²) in [6, 6.07) is 13.8. The Kier molecular flexibility index (Phi) is 3.39. The van der Waals surface area contributed by atoms with Crippen LogP contribution in [0.25, 0.3) is 11.0 Å². The molecule has 1 atom stereocenters. The van der Waals surface area contributed by atoms with E-state index < -0.39 is 0 Å². The van der Waals surface area contributed by atoms with Crippen LogP contribution in [-0.2, 0) is 0 Å². The average Bonchev–Trinajstić information content (AvgIpc) is 2.86. The summed E-state index contributed by atoms with van der Waals surface area (Å²) in [6.07, 6.45) is 0. The lowest BCUT2D eigenvalue weighted by molar-refractivity contribution is 0.850. The average molecular weight is 281 g/mol. The molecule has 2 aromatic carbocycles. The van der Waals surface area contributed by atoms with Gasteiger partial charge in [0.2, 0.25) is 0 Å². The molecule has 0 bridgehead atoms. The Bertz CT molecular complexity index is 812. The molecule has 3 rings (SSSR count). The first-order chi connectivity index (χ1) is 10.1. The monoisotopic (exact) mass is 281 g/mol. The van der Waals surface area contributed by atoms with Gasteiger partial charge >= 0.3 is 5.69 Å². The first-order valence-corrected chi connectivity index (χ1v) is 7.12. The molecule has 4 nitrogen and oxygen atoms in total. The fraction of sp³-hybridized carbons (Fsp3) is 0.235. The van der Waals surface area contributed by atoms with Crippen LogP contribution in [0.3, 0.4) is 0 Å². The van der Waals surface area contributed by atoms with E-state index in [1.165, 1.54) is 5.56 Å². The van der Waals surface area contributed by atoms with E-state index in [0.717, 1.165) is 22.2 Å². The molecule has 0 radical (unpaired) electrons. The van der Waals surface area contributed by atoms with Crippen molar-refractivity contribution in [2.24, 2.45) is 5.73 Å². The Morgan fingerprint density at radius 1 is 0.952 bits per heavy atom. The third-order valence-electron chi connectivity index (χ3n) is 3.88. The minimum absolute atomic E-state index is 0.209. The summed E-state index contributed by atoms with van der Waals surface area (Å²) in [5.74, 6) is 0.500. The number of H-pyrrole nitrogens is 2. The highest BCUT2D eigenvalue weighted by molar-refractivity contribution is 5.79. The normalized spacial score (nSPS) is 13.0. The number of nitrogens with two attached hydrogens (primary N) is 1. The zero-order chi connectivity index (χ0) is 15.0. The number of fused-ring (bicyclic) bond motifs is 1. The minimum atomic E-state index is -0.263. The van der Waals surface area contributed by atoms with Crippen molar-refractivity contribution < 1.29 is 0 Å². The molecule has 4 heteroatoms. The van der Waals surface area contributed by atoms with E-state index in [-0.39, 0.29) is 11.7 Å². The Hall–Kier alpha value is -2.33. The summed E-state index contributed by atoms with van der Waals surface area (Å²) in [5.41, 5.74) is 11.0. The highest BCUT2D eigenvalue weighted by Gasteiger charge is 2.14. The zero-order valence-electron chi connectivity index (χ0n) is 12.2. The van der Waals surface area contributed by atoms with Crippen molar-refractivity contribution in [3.63, 3.8) is 0 Å². The highest BCUT2D eigenvalue weighted by atomic mass is 16.1. The van der Waals surface area contributed by atoms with Crippen molar-refractivity contribution >= 4 is 11.0 Å². The van der Waals surface area contributed by atoms with E-state index in [2.05, 4.69) is 48.1 Å². The molecule has 4 N–H and O–H groups in total. The molecular weight excluding hydrogens is 262 g/mol. The molecule has 0 aliphatic rings. The molecular formula is C17H19N3O. The third-order valence-corrected chi connectivity index (χ3v) is 3.88. The predicted molar refractivity (Wildman–Crippen MR) is 85.5 cm³/mol. The van der Waals surface area contributed by atoms with Crippen LogP contribution in [0.5, 0.6) is 0 Å². The van der Waals surface area contributed by atoms with Gasteiger partial charge in [-0.25, -0.2) is 4.79 Å². The van der Waals surface area contributed by atoms with Gasteiger partial charge in [-0.1, -0.05) is 50.2 Å². The van der Waals surface area contributed by atoms with Gasteiger partial charge in [-0.3, -0.25) is 0 Å². The Balaban J connectivity index is 2.03. The summed E-state index contributed by atoms with van der Waals surface area (Å²) in [6.45, 7) is 4.33. The molecule has 21 heavy (non-hydrogen) atoms. The summed E-state index contributed by atoms with van der Waals surface area (Å²) in [7, 11) is 0. The second-order valence-corrected chi connectivity index (χ2v) is 5.65. The number of nitrogens with one attached hydrogen (secondary N) is 2. The molecule has 3 aromatic rings. The van der Waals surface area contributed by atoms with Gasteiger partial charge in [-0.05, 0) is 28.7 Å². The van der Waals surface area contributed by atoms with Gasteiger partial charge in [0.25, 0.3) is 0 Å². The maximum Gasteiger partial charge on any atom is 0.323 e. The minimum Gasteiger partial charge on any atom is -0.320 e. The Labute approximate surface area is 123 Å². The fourth-order valence-electron chi connectivity index (χ4n) is 2.61. The first kappa shape index (κ1) is 13.6. The van der Waals surface area contributed by atoms with Crippen molar-refractivity contribution in [3.8, 4) is 0 Å². The lowest BCUT2D eigenvalue weighted by Gasteiger charge is -2.15. The standard InChI is InChI=1S/C17H19N3O/c1-10(2)11-6-8-12(9-7-11)15(18)13-4-3-5-14-16(13)20-17(21)19-14/h3-10,15H,18H2,1-2H3,(H2,19,20,21). The van der Waals surface area contributed by atoms with Crippen LogP contribution in [0.15, 0.2) is 47.3 Å². The molecule has 1 heterocycles. The smallest absolute Gasteiger partial charge is 0.320 e. The number of aromatic nitrogens is 2. The molecule has 0 aliphatic carbocycles. The van der Waals surface area contributed by atoms with Crippen LogP contribution in [0, 0.1) is 0 Å². The van der Waals surface area contributed by atoms with Crippen LogP contribution < -0.4 is 11.4 Å². The molecule has 0 aliphatic heterocycles. The summed E-state index contributed by atoms with van der Waals surface area (Å²) in [5, 5.41) is 0. The van der Waals surface area contributed by atoms with Gasteiger partial charge in [0.15, 0.2) is 0 Å². The van der Waals surface area contributed by atoms with Gasteiger partial charge in [0, 0.05) is 0 Å². The van der Waals surface area contributed by atoms with Crippen LogP contribution >= 0.6 is 0 Å². The fourth-order valence-corrected chi connectivity index (χ4v) is 2.61. The first-order valence-electron chi connectivity index (χ1n) is 7.12. The predicted octanol–water partition coefficient (Wildman–Crippen LogP) is 3.03. The van der Waals surface area contributed by atoms with Crippen molar-refractivity contribution in [1.29, 1.82) is 0 Å². The molecule has 0 spiro atoms. The number of rotatable bonds is 3. The van der Waals surface area contributed by atoms with E-state index in [1.54, 1.807) is 0 Å². The van der Waals surface area contributed by atoms with E-state index in [1.807, 2.05) is 18.2 Å². The van der Waals surface area contributed by atoms with Crippen molar-refractivity contribution in [2.75, 3.05) is 0 Å². The van der Waals surface area contributed by atoms with Gasteiger partial charge in [-0.15, -0.1) is 0 Å². The van der Waals surface area contributed by atoms with Gasteiger partial charge in [0.1, 0.15) is 0 Å². The SMILES string of the molecule is CC(C)c1ccc(C(N)c2cccc3[nH]c(=O)[nH]c23)cc1. The third kappa shape index (κ3) is 2.50. The lowest BCUT2D eigenvalue weighted by atomic mass is 9.95. The summed E-state index contributed by atoms with van der Waals surface area (Å²) < 4.78 is 0. The second-order valence-electron chi connectivity index (χ2n) is 5.65. The van der Waals surface area contributed by atoms with Crippen LogP contribution in [-0.4, -0.2) is 9.97 Å². The highest BCUT2D eigenvalue weighted by Crippen LogP contribution is 2.26. The molecule has 0 fully saturated rings. The Morgan fingerprint density at radius 2 is 1.62 bits per heavy atom. The van der Waals surface area contributed by atoms with Gasteiger partial charge < -0.3 is 15.7 Å². The quantitative estimate of drug-likeness (QED) is 0.690. The van der Waals surface area contributed by atoms with Crippen molar-refractivity contribution in [1.82, 2.24) is 9.97 Å². The van der Waals surface area contributed by atoms with Crippen LogP contribution in [0.1, 0.15) is 42.5 Å². The van der Waals surface area contributed by atoms with E-state index in [0.29, 0.717) is 5.92 Å². The van der Waals surface area contributed by atoms with Gasteiger partial charge in [0.05, 0.1) is 17.1 Å². The molecule has 1 aromatic heterocycles. The summed E-state index contributed by atoms with van der Waals surface area (Å²) >= 11 is 0. The number of para-hydroxylation sites is 1. The van der Waals surface area contributed by atoms with Crippen molar-refractivity contribution in [3.05, 3.63) is 69.6 Å². The number of imidazole rings is 1. The molecule has 0 saturated heterocycles. The maximum absolute atomic E-state index is 11.5. The van der Waals surface area contributed by atoms with E-state index in [4.69, 9.17) is 5.73 Å². The van der Waals surface area contributed by atoms with Crippen molar-refractivity contribution in [2.45, 2.75) is 25.8 Å². The molecule has 0 saturated carbocycles. The maximum atomic E-state index is 11.5. The molecule has 1 unspecified atom stereocenters. The Morgan fingerprint density at radius 3 is 2.29 bits per heavy atom. The topological polar surface area (TPSA) is 74.7 Å².